The average molecular weight is 268 g/mol. The molecule has 2 rings (SSSR count). The van der Waals surface area contributed by atoms with Crippen LogP contribution in [0.2, 0.25) is 0 Å². The molecule has 0 radical (unpaired) electrons. The van der Waals surface area contributed by atoms with Gasteiger partial charge in [0, 0.05) is 23.4 Å². The Kier molecular flexibility index (Phi) is 4.09. The maximum absolute atomic E-state index is 5.58. The summed E-state index contributed by atoms with van der Waals surface area (Å²) in [7, 11) is 0. The van der Waals surface area contributed by atoms with Crippen molar-refractivity contribution in [2.75, 3.05) is 13.2 Å². The average Bonchev–Trinajstić information content (AvgIpc) is 2.89. The maximum atomic E-state index is 5.58. The molecule has 1 saturated heterocycles. The van der Waals surface area contributed by atoms with Gasteiger partial charge in [-0.25, -0.2) is 4.98 Å². The molecule has 2 unspecified atom stereocenters. The number of ether oxygens (including phenoxy) is 1. The molecular formula is C14H24N2OS. The largest absolute Gasteiger partial charge is 0.381 e. The molecule has 0 spiro atoms. The van der Waals surface area contributed by atoms with Crippen LogP contribution in [0.3, 0.4) is 0 Å². The molecule has 1 fully saturated rings. The van der Waals surface area contributed by atoms with Gasteiger partial charge in [-0.1, -0.05) is 0 Å². The fourth-order valence-electron chi connectivity index (χ4n) is 2.64. The quantitative estimate of drug-likeness (QED) is 0.911. The molecule has 1 aromatic rings. The fourth-order valence-corrected chi connectivity index (χ4v) is 3.74. The van der Waals surface area contributed by atoms with E-state index in [-0.39, 0.29) is 5.54 Å². The summed E-state index contributed by atoms with van der Waals surface area (Å²) in [6.07, 6.45) is 1.12. The molecule has 18 heavy (non-hydrogen) atoms. The van der Waals surface area contributed by atoms with Crippen LogP contribution >= 0.6 is 11.3 Å². The molecule has 2 atom stereocenters. The van der Waals surface area contributed by atoms with E-state index >= 15 is 0 Å². The van der Waals surface area contributed by atoms with E-state index in [4.69, 9.17) is 9.72 Å². The van der Waals surface area contributed by atoms with Crippen LogP contribution < -0.4 is 5.32 Å². The minimum atomic E-state index is -0.0612. The molecule has 0 amide bonds. The Balaban J connectivity index is 2.34. The summed E-state index contributed by atoms with van der Waals surface area (Å²) in [6.45, 7) is 12.6. The zero-order valence-electron chi connectivity index (χ0n) is 12.0. The third-order valence-electron chi connectivity index (χ3n) is 3.81. The summed E-state index contributed by atoms with van der Waals surface area (Å²) in [5, 5.41) is 4.93. The van der Waals surface area contributed by atoms with E-state index in [1.165, 1.54) is 9.88 Å². The van der Waals surface area contributed by atoms with Crippen LogP contribution in [-0.4, -0.2) is 24.2 Å². The van der Waals surface area contributed by atoms with Crippen molar-refractivity contribution in [3.05, 3.63) is 15.6 Å². The third kappa shape index (κ3) is 2.60. The standard InChI is InChI=1S/C14H24N2OS/c1-9(2)16-14(5,12-6-7-17-8-12)13-15-10(3)11(4)18-13/h9,12,16H,6-8H2,1-5H3. The van der Waals surface area contributed by atoms with Crippen LogP contribution in [0.15, 0.2) is 0 Å². The summed E-state index contributed by atoms with van der Waals surface area (Å²) in [4.78, 5) is 6.10. The minimum absolute atomic E-state index is 0.0612. The Morgan fingerprint density at radius 3 is 2.61 bits per heavy atom. The van der Waals surface area contributed by atoms with E-state index in [9.17, 15) is 0 Å². The zero-order valence-corrected chi connectivity index (χ0v) is 12.9. The lowest BCUT2D eigenvalue weighted by molar-refractivity contribution is 0.147. The van der Waals surface area contributed by atoms with Gasteiger partial charge in [-0.05, 0) is 41.0 Å². The molecule has 0 bridgehead atoms. The van der Waals surface area contributed by atoms with Crippen molar-refractivity contribution in [2.24, 2.45) is 5.92 Å². The first-order valence-electron chi connectivity index (χ1n) is 6.73. The lowest BCUT2D eigenvalue weighted by atomic mass is 9.84. The second-order valence-corrected chi connectivity index (χ2v) is 6.93. The van der Waals surface area contributed by atoms with Gasteiger partial charge in [-0.2, -0.15) is 0 Å². The molecule has 0 saturated carbocycles. The molecule has 3 nitrogen and oxygen atoms in total. The van der Waals surface area contributed by atoms with Crippen molar-refractivity contribution in [2.45, 2.75) is 52.6 Å². The highest BCUT2D eigenvalue weighted by Gasteiger charge is 2.41. The lowest BCUT2D eigenvalue weighted by Gasteiger charge is -2.36. The van der Waals surface area contributed by atoms with Crippen LogP contribution in [0.1, 0.15) is 42.8 Å². The molecular weight excluding hydrogens is 244 g/mol. The molecule has 1 aliphatic heterocycles. The predicted octanol–water partition coefficient (Wildman–Crippen LogP) is 3.01. The van der Waals surface area contributed by atoms with Crippen molar-refractivity contribution < 1.29 is 4.74 Å². The molecule has 1 aliphatic rings. The Morgan fingerprint density at radius 1 is 1.44 bits per heavy atom. The molecule has 4 heteroatoms. The third-order valence-corrected chi connectivity index (χ3v) is 5.12. The Hall–Kier alpha value is -0.450. The summed E-state index contributed by atoms with van der Waals surface area (Å²) < 4.78 is 5.58. The van der Waals surface area contributed by atoms with Gasteiger partial charge in [-0.15, -0.1) is 11.3 Å². The molecule has 2 heterocycles. The molecule has 1 N–H and O–H groups in total. The zero-order chi connectivity index (χ0) is 13.3. The van der Waals surface area contributed by atoms with Crippen molar-refractivity contribution in [1.82, 2.24) is 10.3 Å². The molecule has 0 aromatic carbocycles. The number of hydrogen-bond donors (Lipinski definition) is 1. The normalized spacial score (nSPS) is 23.6. The second-order valence-electron chi connectivity index (χ2n) is 5.72. The van der Waals surface area contributed by atoms with Gasteiger partial charge in [-0.3, -0.25) is 0 Å². The number of hydrogen-bond acceptors (Lipinski definition) is 4. The lowest BCUT2D eigenvalue weighted by Crippen LogP contribution is -2.49. The fraction of sp³-hybridized carbons (Fsp3) is 0.786. The van der Waals surface area contributed by atoms with E-state index in [2.05, 4.69) is 39.9 Å². The number of nitrogens with zero attached hydrogens (tertiary/aromatic N) is 1. The first kappa shape index (κ1) is 14.0. The molecule has 102 valence electrons. The van der Waals surface area contributed by atoms with Gasteiger partial charge < -0.3 is 10.1 Å². The Labute approximate surface area is 114 Å². The smallest absolute Gasteiger partial charge is 0.113 e. The Morgan fingerprint density at radius 2 is 2.17 bits per heavy atom. The van der Waals surface area contributed by atoms with Crippen LogP contribution in [-0.2, 0) is 10.3 Å². The number of nitrogens with one attached hydrogen (secondary N) is 1. The van der Waals surface area contributed by atoms with Crippen LogP contribution in [0.4, 0.5) is 0 Å². The highest BCUT2D eigenvalue weighted by molar-refractivity contribution is 7.11. The van der Waals surface area contributed by atoms with E-state index in [0.29, 0.717) is 12.0 Å². The number of rotatable bonds is 4. The second kappa shape index (κ2) is 5.27. The first-order chi connectivity index (χ1) is 8.43. The van der Waals surface area contributed by atoms with Gasteiger partial charge in [0.2, 0.25) is 0 Å². The topological polar surface area (TPSA) is 34.2 Å². The monoisotopic (exact) mass is 268 g/mol. The number of aromatic nitrogens is 1. The van der Waals surface area contributed by atoms with Gasteiger partial charge in [0.15, 0.2) is 0 Å². The first-order valence-corrected chi connectivity index (χ1v) is 7.55. The van der Waals surface area contributed by atoms with E-state index in [0.717, 1.165) is 25.3 Å². The number of aryl methyl sites for hydroxylation is 2. The van der Waals surface area contributed by atoms with Gasteiger partial charge in [0.25, 0.3) is 0 Å². The van der Waals surface area contributed by atoms with Gasteiger partial charge in [0.05, 0.1) is 17.8 Å². The van der Waals surface area contributed by atoms with Crippen LogP contribution in [0.5, 0.6) is 0 Å². The van der Waals surface area contributed by atoms with Gasteiger partial charge in [0.1, 0.15) is 5.01 Å². The highest BCUT2D eigenvalue weighted by Crippen LogP contribution is 2.38. The van der Waals surface area contributed by atoms with E-state index in [1.54, 1.807) is 0 Å². The molecule has 0 aliphatic carbocycles. The van der Waals surface area contributed by atoms with Crippen molar-refractivity contribution in [1.29, 1.82) is 0 Å². The summed E-state index contributed by atoms with van der Waals surface area (Å²) >= 11 is 1.82. The molecule has 1 aromatic heterocycles. The number of thiazole rings is 1. The predicted molar refractivity (Wildman–Crippen MR) is 76.1 cm³/mol. The van der Waals surface area contributed by atoms with Crippen LogP contribution in [0, 0.1) is 19.8 Å². The highest BCUT2D eigenvalue weighted by atomic mass is 32.1. The maximum Gasteiger partial charge on any atom is 0.113 e. The summed E-state index contributed by atoms with van der Waals surface area (Å²) in [6, 6.07) is 0.445. The SMILES string of the molecule is Cc1nc(C(C)(NC(C)C)C2CCOC2)sc1C. The van der Waals surface area contributed by atoms with Crippen molar-refractivity contribution >= 4 is 11.3 Å². The van der Waals surface area contributed by atoms with Crippen molar-refractivity contribution in [3.63, 3.8) is 0 Å². The summed E-state index contributed by atoms with van der Waals surface area (Å²) in [5.41, 5.74) is 1.10. The Bertz CT molecular complexity index is 390. The summed E-state index contributed by atoms with van der Waals surface area (Å²) in [5.74, 6) is 0.518. The van der Waals surface area contributed by atoms with Gasteiger partial charge >= 0.3 is 0 Å². The minimum Gasteiger partial charge on any atom is -0.381 e. The van der Waals surface area contributed by atoms with E-state index < -0.39 is 0 Å². The van der Waals surface area contributed by atoms with E-state index in [1.807, 2.05) is 11.3 Å². The van der Waals surface area contributed by atoms with Crippen LogP contribution in [0.25, 0.3) is 0 Å². The van der Waals surface area contributed by atoms with Crippen molar-refractivity contribution in [3.8, 4) is 0 Å².